The minimum Gasteiger partial charge on any atom is -0.497 e. The first-order valence-corrected chi connectivity index (χ1v) is 6.91. The standard InChI is InChI=1S/C15H24ClNO/c1-10(2)13(11(3)4)9-17-15-8-12(18-5)6-7-14(15)16/h6-8,10-11,13,17H,9H2,1-5H3. The summed E-state index contributed by atoms with van der Waals surface area (Å²) >= 11 is 6.18. The van der Waals surface area contributed by atoms with E-state index in [4.69, 9.17) is 16.3 Å². The topological polar surface area (TPSA) is 21.3 Å². The molecule has 0 heterocycles. The van der Waals surface area contributed by atoms with Crippen LogP contribution in [0.3, 0.4) is 0 Å². The zero-order valence-electron chi connectivity index (χ0n) is 12.0. The second kappa shape index (κ2) is 6.89. The van der Waals surface area contributed by atoms with Gasteiger partial charge in [-0.3, -0.25) is 0 Å². The Morgan fingerprint density at radius 2 is 1.78 bits per heavy atom. The molecule has 0 unspecified atom stereocenters. The molecule has 0 bridgehead atoms. The monoisotopic (exact) mass is 269 g/mol. The summed E-state index contributed by atoms with van der Waals surface area (Å²) in [5.74, 6) is 2.77. The van der Waals surface area contributed by atoms with Gasteiger partial charge in [-0.25, -0.2) is 0 Å². The molecule has 18 heavy (non-hydrogen) atoms. The second-order valence-electron chi connectivity index (χ2n) is 5.38. The average molecular weight is 270 g/mol. The number of nitrogens with one attached hydrogen (secondary N) is 1. The van der Waals surface area contributed by atoms with E-state index in [0.717, 1.165) is 23.0 Å². The van der Waals surface area contributed by atoms with Gasteiger partial charge in [0.05, 0.1) is 17.8 Å². The van der Waals surface area contributed by atoms with Gasteiger partial charge in [0.25, 0.3) is 0 Å². The Balaban J connectivity index is 2.72. The van der Waals surface area contributed by atoms with Crippen LogP contribution in [-0.4, -0.2) is 13.7 Å². The first-order chi connectivity index (χ1) is 8.45. The summed E-state index contributed by atoms with van der Waals surface area (Å²) in [4.78, 5) is 0. The summed E-state index contributed by atoms with van der Waals surface area (Å²) in [5.41, 5.74) is 0.947. The molecule has 0 spiro atoms. The van der Waals surface area contributed by atoms with Crippen LogP contribution in [0.2, 0.25) is 5.02 Å². The van der Waals surface area contributed by atoms with Gasteiger partial charge in [-0.2, -0.15) is 0 Å². The summed E-state index contributed by atoms with van der Waals surface area (Å²) in [6.07, 6.45) is 0. The molecule has 1 aromatic carbocycles. The van der Waals surface area contributed by atoms with Crippen LogP contribution < -0.4 is 10.1 Å². The maximum atomic E-state index is 6.18. The fourth-order valence-electron chi connectivity index (χ4n) is 2.24. The molecule has 0 radical (unpaired) electrons. The maximum absolute atomic E-state index is 6.18. The number of rotatable bonds is 6. The Morgan fingerprint density at radius 1 is 1.17 bits per heavy atom. The van der Waals surface area contributed by atoms with E-state index in [-0.39, 0.29) is 0 Å². The fourth-order valence-corrected chi connectivity index (χ4v) is 2.42. The fraction of sp³-hybridized carbons (Fsp3) is 0.600. The highest BCUT2D eigenvalue weighted by molar-refractivity contribution is 6.33. The predicted octanol–water partition coefficient (Wildman–Crippen LogP) is 4.69. The molecule has 0 atom stereocenters. The first-order valence-electron chi connectivity index (χ1n) is 6.53. The molecule has 3 heteroatoms. The van der Waals surface area contributed by atoms with Gasteiger partial charge >= 0.3 is 0 Å². The van der Waals surface area contributed by atoms with E-state index < -0.39 is 0 Å². The molecule has 1 rings (SSSR count). The largest absolute Gasteiger partial charge is 0.497 e. The molecular formula is C15H24ClNO. The molecular weight excluding hydrogens is 246 g/mol. The molecule has 0 saturated heterocycles. The number of halogens is 1. The van der Waals surface area contributed by atoms with Crippen molar-refractivity contribution in [2.45, 2.75) is 27.7 Å². The molecule has 0 aromatic heterocycles. The van der Waals surface area contributed by atoms with Crippen LogP contribution in [0.1, 0.15) is 27.7 Å². The van der Waals surface area contributed by atoms with Crippen molar-refractivity contribution in [2.75, 3.05) is 19.0 Å². The Bertz CT molecular complexity index is 369. The molecule has 0 fully saturated rings. The van der Waals surface area contributed by atoms with Crippen LogP contribution in [0.15, 0.2) is 18.2 Å². The Labute approximate surface area is 116 Å². The van der Waals surface area contributed by atoms with Gasteiger partial charge in [0.1, 0.15) is 5.75 Å². The molecule has 0 aliphatic rings. The minimum absolute atomic E-state index is 0.632. The van der Waals surface area contributed by atoms with Crippen LogP contribution in [0, 0.1) is 17.8 Å². The normalized spacial score (nSPS) is 11.4. The van der Waals surface area contributed by atoms with Gasteiger partial charge in [-0.05, 0) is 29.9 Å². The third kappa shape index (κ3) is 4.09. The molecule has 102 valence electrons. The SMILES string of the molecule is COc1ccc(Cl)c(NCC(C(C)C)C(C)C)c1. The first kappa shape index (κ1) is 15.2. The predicted molar refractivity (Wildman–Crippen MR) is 79.7 cm³/mol. The van der Waals surface area contributed by atoms with E-state index >= 15 is 0 Å². The third-order valence-corrected chi connectivity index (χ3v) is 3.74. The Hall–Kier alpha value is -0.890. The number of hydrogen-bond donors (Lipinski definition) is 1. The minimum atomic E-state index is 0.632. The van der Waals surface area contributed by atoms with E-state index in [1.807, 2.05) is 18.2 Å². The van der Waals surface area contributed by atoms with Gasteiger partial charge in [0.15, 0.2) is 0 Å². The van der Waals surface area contributed by atoms with Crippen molar-refractivity contribution in [3.8, 4) is 5.75 Å². The highest BCUT2D eigenvalue weighted by atomic mass is 35.5. The van der Waals surface area contributed by atoms with Crippen LogP contribution >= 0.6 is 11.6 Å². The third-order valence-electron chi connectivity index (χ3n) is 3.41. The van der Waals surface area contributed by atoms with Crippen molar-refractivity contribution in [1.29, 1.82) is 0 Å². The van der Waals surface area contributed by atoms with Gasteiger partial charge in [-0.1, -0.05) is 39.3 Å². The van der Waals surface area contributed by atoms with Gasteiger partial charge < -0.3 is 10.1 Å². The summed E-state index contributed by atoms with van der Waals surface area (Å²) in [6, 6.07) is 5.68. The zero-order chi connectivity index (χ0) is 13.7. The summed E-state index contributed by atoms with van der Waals surface area (Å²) in [7, 11) is 1.66. The van der Waals surface area contributed by atoms with Crippen molar-refractivity contribution in [3.05, 3.63) is 23.2 Å². The van der Waals surface area contributed by atoms with E-state index in [9.17, 15) is 0 Å². The zero-order valence-corrected chi connectivity index (χ0v) is 12.7. The number of benzene rings is 1. The van der Waals surface area contributed by atoms with Crippen molar-refractivity contribution >= 4 is 17.3 Å². The molecule has 0 saturated carbocycles. The van der Waals surface area contributed by atoms with E-state index in [0.29, 0.717) is 17.8 Å². The van der Waals surface area contributed by atoms with Crippen molar-refractivity contribution in [1.82, 2.24) is 0 Å². The van der Waals surface area contributed by atoms with E-state index in [1.54, 1.807) is 7.11 Å². The van der Waals surface area contributed by atoms with Crippen LogP contribution in [0.5, 0.6) is 5.75 Å². The van der Waals surface area contributed by atoms with Gasteiger partial charge in [0, 0.05) is 12.6 Å². The van der Waals surface area contributed by atoms with Crippen LogP contribution in [0.4, 0.5) is 5.69 Å². The van der Waals surface area contributed by atoms with E-state index in [2.05, 4.69) is 33.0 Å². The molecule has 1 N–H and O–H groups in total. The lowest BCUT2D eigenvalue weighted by Gasteiger charge is -2.25. The number of anilines is 1. The van der Waals surface area contributed by atoms with Gasteiger partial charge in [0.2, 0.25) is 0 Å². The van der Waals surface area contributed by atoms with Crippen LogP contribution in [0.25, 0.3) is 0 Å². The smallest absolute Gasteiger partial charge is 0.121 e. The van der Waals surface area contributed by atoms with Crippen LogP contribution in [-0.2, 0) is 0 Å². The maximum Gasteiger partial charge on any atom is 0.121 e. The van der Waals surface area contributed by atoms with Crippen molar-refractivity contribution in [2.24, 2.45) is 17.8 Å². The lowest BCUT2D eigenvalue weighted by Crippen LogP contribution is -2.24. The lowest BCUT2D eigenvalue weighted by molar-refractivity contribution is 0.304. The highest BCUT2D eigenvalue weighted by Crippen LogP contribution is 2.28. The summed E-state index contributed by atoms with van der Waals surface area (Å²) < 4.78 is 5.21. The molecule has 0 aliphatic carbocycles. The number of ether oxygens (including phenoxy) is 1. The highest BCUT2D eigenvalue weighted by Gasteiger charge is 2.17. The Morgan fingerprint density at radius 3 is 2.28 bits per heavy atom. The number of methoxy groups -OCH3 is 1. The molecule has 1 aromatic rings. The van der Waals surface area contributed by atoms with Gasteiger partial charge in [-0.15, -0.1) is 0 Å². The quantitative estimate of drug-likeness (QED) is 0.809. The molecule has 2 nitrogen and oxygen atoms in total. The average Bonchev–Trinajstić information content (AvgIpc) is 2.30. The lowest BCUT2D eigenvalue weighted by atomic mass is 9.85. The van der Waals surface area contributed by atoms with Crippen molar-refractivity contribution < 1.29 is 4.74 Å². The van der Waals surface area contributed by atoms with E-state index in [1.165, 1.54) is 0 Å². The summed E-state index contributed by atoms with van der Waals surface area (Å²) in [5, 5.41) is 4.18. The van der Waals surface area contributed by atoms with Crippen molar-refractivity contribution in [3.63, 3.8) is 0 Å². The molecule has 0 aliphatic heterocycles. The Kier molecular flexibility index (Phi) is 5.80. The summed E-state index contributed by atoms with van der Waals surface area (Å²) in [6.45, 7) is 9.99. The second-order valence-corrected chi connectivity index (χ2v) is 5.79. The number of hydrogen-bond acceptors (Lipinski definition) is 2. The molecule has 0 amide bonds.